The van der Waals surface area contributed by atoms with Crippen LogP contribution in [-0.4, -0.2) is 4.57 Å². The summed E-state index contributed by atoms with van der Waals surface area (Å²) in [7, 11) is 0. The summed E-state index contributed by atoms with van der Waals surface area (Å²) in [6.45, 7) is 0. The number of hydrogen-bond donors (Lipinski definition) is 0. The monoisotopic (exact) mass is 626 g/mol. The number of fused-ring (bicyclic) bond motifs is 8. The average molecular weight is 627 g/mol. The third-order valence-corrected chi connectivity index (χ3v) is 9.74. The third kappa shape index (κ3) is 4.44. The predicted octanol–water partition coefficient (Wildman–Crippen LogP) is 13.0. The molecule has 3 nitrogen and oxygen atoms in total. The van der Waals surface area contributed by atoms with E-state index in [1.807, 2.05) is 0 Å². The molecule has 0 spiro atoms. The van der Waals surface area contributed by atoms with Crippen LogP contribution in [0.15, 0.2) is 186 Å². The highest BCUT2D eigenvalue weighted by atomic mass is 16.3. The van der Waals surface area contributed by atoms with Crippen LogP contribution >= 0.6 is 0 Å². The van der Waals surface area contributed by atoms with Gasteiger partial charge in [0.25, 0.3) is 0 Å². The van der Waals surface area contributed by atoms with Crippen LogP contribution in [0.25, 0.3) is 71.3 Å². The lowest BCUT2D eigenvalue weighted by Crippen LogP contribution is -2.10. The van der Waals surface area contributed by atoms with Gasteiger partial charge in [-0.05, 0) is 83.2 Å². The van der Waals surface area contributed by atoms with Gasteiger partial charge < -0.3 is 13.9 Å². The molecular weight excluding hydrogens is 597 g/mol. The predicted molar refractivity (Wildman–Crippen MR) is 206 cm³/mol. The summed E-state index contributed by atoms with van der Waals surface area (Å²) in [5, 5.41) is 6.99. The van der Waals surface area contributed by atoms with Gasteiger partial charge in [-0.25, -0.2) is 0 Å². The maximum absolute atomic E-state index is 6.52. The number of para-hydroxylation sites is 2. The van der Waals surface area contributed by atoms with Gasteiger partial charge in [0.1, 0.15) is 11.2 Å². The molecule has 2 aromatic heterocycles. The van der Waals surface area contributed by atoms with E-state index in [0.29, 0.717) is 0 Å². The SMILES string of the molecule is c1ccc(-c2cccc(N(c3ccc4oc5c6ccccc6ccc5c4c3)c3ccc4c5ccccc5n(-c5ccccc5)c4c3)c2)cc1. The van der Waals surface area contributed by atoms with Crippen LogP contribution in [0.2, 0.25) is 0 Å². The molecule has 0 fully saturated rings. The highest BCUT2D eigenvalue weighted by molar-refractivity contribution is 6.16. The lowest BCUT2D eigenvalue weighted by molar-refractivity contribution is 0.672. The zero-order chi connectivity index (χ0) is 32.3. The molecule has 3 heteroatoms. The van der Waals surface area contributed by atoms with Gasteiger partial charge in [0, 0.05) is 49.7 Å². The van der Waals surface area contributed by atoms with Crippen LogP contribution in [0.3, 0.4) is 0 Å². The molecule has 0 atom stereocenters. The first-order chi connectivity index (χ1) is 24.3. The maximum atomic E-state index is 6.52. The van der Waals surface area contributed by atoms with Crippen molar-refractivity contribution in [2.45, 2.75) is 0 Å². The van der Waals surface area contributed by atoms with E-state index in [9.17, 15) is 0 Å². The fourth-order valence-electron chi connectivity index (χ4n) is 7.49. The number of anilines is 3. The van der Waals surface area contributed by atoms with E-state index in [-0.39, 0.29) is 0 Å². The van der Waals surface area contributed by atoms with Crippen molar-refractivity contribution < 1.29 is 4.42 Å². The second-order valence-electron chi connectivity index (χ2n) is 12.6. The number of aromatic nitrogens is 1. The number of rotatable bonds is 5. The Morgan fingerprint density at radius 3 is 1.92 bits per heavy atom. The van der Waals surface area contributed by atoms with Crippen molar-refractivity contribution in [1.29, 1.82) is 0 Å². The Morgan fingerprint density at radius 2 is 1.04 bits per heavy atom. The first-order valence-corrected chi connectivity index (χ1v) is 16.7. The normalized spacial score (nSPS) is 11.7. The molecule has 49 heavy (non-hydrogen) atoms. The number of nitrogens with zero attached hydrogens (tertiary/aromatic N) is 2. The fourth-order valence-corrected chi connectivity index (χ4v) is 7.49. The van der Waals surface area contributed by atoms with E-state index >= 15 is 0 Å². The Balaban J connectivity index is 1.23. The average Bonchev–Trinajstić information content (AvgIpc) is 3.71. The van der Waals surface area contributed by atoms with Crippen LogP contribution < -0.4 is 4.90 Å². The summed E-state index contributed by atoms with van der Waals surface area (Å²) < 4.78 is 8.90. The summed E-state index contributed by atoms with van der Waals surface area (Å²) in [5.41, 5.74) is 10.9. The van der Waals surface area contributed by atoms with Crippen molar-refractivity contribution in [2.24, 2.45) is 0 Å². The summed E-state index contributed by atoms with van der Waals surface area (Å²) in [4.78, 5) is 2.37. The highest BCUT2D eigenvalue weighted by Crippen LogP contribution is 2.43. The van der Waals surface area contributed by atoms with Gasteiger partial charge in [0.05, 0.1) is 11.0 Å². The van der Waals surface area contributed by atoms with Crippen molar-refractivity contribution in [3.05, 3.63) is 182 Å². The molecule has 0 saturated heterocycles. The van der Waals surface area contributed by atoms with Crippen LogP contribution in [0.5, 0.6) is 0 Å². The van der Waals surface area contributed by atoms with E-state index in [4.69, 9.17) is 4.42 Å². The van der Waals surface area contributed by atoms with E-state index < -0.39 is 0 Å². The molecule has 0 amide bonds. The Hall–Kier alpha value is -6.58. The van der Waals surface area contributed by atoms with Crippen molar-refractivity contribution in [2.75, 3.05) is 4.90 Å². The summed E-state index contributed by atoms with van der Waals surface area (Å²) >= 11 is 0. The third-order valence-electron chi connectivity index (χ3n) is 9.74. The first-order valence-electron chi connectivity index (χ1n) is 16.7. The van der Waals surface area contributed by atoms with E-state index in [1.54, 1.807) is 0 Å². The molecule has 0 radical (unpaired) electrons. The Morgan fingerprint density at radius 1 is 0.388 bits per heavy atom. The largest absolute Gasteiger partial charge is 0.455 e. The Bertz CT molecular complexity index is 2830. The van der Waals surface area contributed by atoms with E-state index in [2.05, 4.69) is 191 Å². The van der Waals surface area contributed by atoms with Gasteiger partial charge >= 0.3 is 0 Å². The Labute approximate surface area is 283 Å². The quantitative estimate of drug-likeness (QED) is 0.190. The molecule has 0 unspecified atom stereocenters. The van der Waals surface area contributed by atoms with Gasteiger partial charge in [-0.2, -0.15) is 0 Å². The molecular formula is C46H30N2O. The fraction of sp³-hybridized carbons (Fsp3) is 0. The van der Waals surface area contributed by atoms with Crippen molar-refractivity contribution >= 4 is 71.6 Å². The zero-order valence-electron chi connectivity index (χ0n) is 26.6. The molecule has 0 aliphatic rings. The van der Waals surface area contributed by atoms with Gasteiger partial charge in [0.2, 0.25) is 0 Å². The number of hydrogen-bond acceptors (Lipinski definition) is 2. The molecule has 8 aromatic carbocycles. The standard InChI is InChI=1S/C46H30N2O/c1-3-12-31(13-4-1)33-15-11-18-35(28-33)47(36-24-27-45-42(29-36)41-25-22-32-14-7-8-19-38(32)46(41)49-45)37-23-26-40-39-20-9-10-21-43(39)48(44(40)30-37)34-16-5-2-6-17-34/h1-30H. The summed E-state index contributed by atoms with van der Waals surface area (Å²) in [6, 6.07) is 65.0. The zero-order valence-corrected chi connectivity index (χ0v) is 26.6. The van der Waals surface area contributed by atoms with E-state index in [1.165, 1.54) is 32.8 Å². The molecule has 0 N–H and O–H groups in total. The van der Waals surface area contributed by atoms with Gasteiger partial charge in [-0.3, -0.25) is 0 Å². The minimum absolute atomic E-state index is 0.882. The van der Waals surface area contributed by atoms with Gasteiger partial charge in [-0.15, -0.1) is 0 Å². The molecule has 0 saturated carbocycles. The van der Waals surface area contributed by atoms with Gasteiger partial charge in [-0.1, -0.05) is 115 Å². The lowest BCUT2D eigenvalue weighted by atomic mass is 10.0. The second kappa shape index (κ2) is 11.0. The van der Waals surface area contributed by atoms with Gasteiger partial charge in [0.15, 0.2) is 0 Å². The van der Waals surface area contributed by atoms with E-state index in [0.717, 1.165) is 55.6 Å². The summed E-state index contributed by atoms with van der Waals surface area (Å²) in [5.74, 6) is 0. The van der Waals surface area contributed by atoms with Crippen LogP contribution in [-0.2, 0) is 0 Å². The van der Waals surface area contributed by atoms with Crippen LogP contribution in [0.1, 0.15) is 0 Å². The lowest BCUT2D eigenvalue weighted by Gasteiger charge is -2.26. The Kier molecular flexibility index (Phi) is 6.18. The summed E-state index contributed by atoms with van der Waals surface area (Å²) in [6.07, 6.45) is 0. The molecule has 10 rings (SSSR count). The number of furan rings is 1. The molecule has 0 aliphatic carbocycles. The van der Waals surface area contributed by atoms with Crippen molar-refractivity contribution in [3.63, 3.8) is 0 Å². The minimum atomic E-state index is 0.882. The van der Waals surface area contributed by atoms with Crippen LogP contribution in [0, 0.1) is 0 Å². The van der Waals surface area contributed by atoms with Crippen LogP contribution in [0.4, 0.5) is 17.1 Å². The molecule has 2 heterocycles. The maximum Gasteiger partial charge on any atom is 0.143 e. The highest BCUT2D eigenvalue weighted by Gasteiger charge is 2.20. The van der Waals surface area contributed by atoms with Crippen molar-refractivity contribution in [3.8, 4) is 16.8 Å². The molecule has 10 aromatic rings. The molecule has 230 valence electrons. The molecule has 0 bridgehead atoms. The first kappa shape index (κ1) is 27.5. The van der Waals surface area contributed by atoms with Crippen molar-refractivity contribution in [1.82, 2.24) is 4.57 Å². The smallest absolute Gasteiger partial charge is 0.143 e. The second-order valence-corrected chi connectivity index (χ2v) is 12.6. The minimum Gasteiger partial charge on any atom is -0.455 e. The topological polar surface area (TPSA) is 21.3 Å². The molecule has 0 aliphatic heterocycles. The number of benzene rings is 8.